The predicted molar refractivity (Wildman–Crippen MR) is 103 cm³/mol. The zero-order valence-corrected chi connectivity index (χ0v) is 15.0. The number of fused-ring (bicyclic) bond motifs is 1. The standard InChI is InChI=1S/C20H20N4O3/c1-23(16-9-10-27-12-16)20(26)22-14-7-8-18-17(11-14)19(25)24(13-21-18)15-5-3-2-4-6-15/h2-8,11,13,16H,9-10,12H2,1H3,(H,22,26). The van der Waals surface area contributed by atoms with Gasteiger partial charge in [-0.05, 0) is 36.8 Å². The van der Waals surface area contributed by atoms with Gasteiger partial charge in [0.2, 0.25) is 0 Å². The molecule has 0 bridgehead atoms. The lowest BCUT2D eigenvalue weighted by Gasteiger charge is -2.23. The lowest BCUT2D eigenvalue weighted by Crippen LogP contribution is -2.40. The van der Waals surface area contributed by atoms with Crippen LogP contribution in [0.2, 0.25) is 0 Å². The van der Waals surface area contributed by atoms with Gasteiger partial charge in [0.25, 0.3) is 5.56 Å². The first-order valence-corrected chi connectivity index (χ1v) is 8.82. The summed E-state index contributed by atoms with van der Waals surface area (Å²) >= 11 is 0. The number of para-hydroxylation sites is 1. The van der Waals surface area contributed by atoms with Crippen molar-refractivity contribution in [2.75, 3.05) is 25.6 Å². The summed E-state index contributed by atoms with van der Waals surface area (Å²) in [6.45, 7) is 1.22. The summed E-state index contributed by atoms with van der Waals surface area (Å²) in [5.74, 6) is 0. The molecule has 138 valence electrons. The molecule has 2 heterocycles. The van der Waals surface area contributed by atoms with Crippen molar-refractivity contribution in [2.24, 2.45) is 0 Å². The van der Waals surface area contributed by atoms with Gasteiger partial charge in [-0.25, -0.2) is 9.78 Å². The van der Waals surface area contributed by atoms with Crippen LogP contribution in [0, 0.1) is 0 Å². The van der Waals surface area contributed by atoms with E-state index in [2.05, 4.69) is 10.3 Å². The Morgan fingerprint density at radius 2 is 2.07 bits per heavy atom. The van der Waals surface area contributed by atoms with Crippen LogP contribution in [-0.2, 0) is 4.74 Å². The molecule has 1 unspecified atom stereocenters. The number of likely N-dealkylation sites (N-methyl/N-ethyl adjacent to an activating group) is 1. The Morgan fingerprint density at radius 1 is 1.26 bits per heavy atom. The molecule has 1 atom stereocenters. The molecule has 4 rings (SSSR count). The molecule has 27 heavy (non-hydrogen) atoms. The second-order valence-electron chi connectivity index (χ2n) is 6.55. The highest BCUT2D eigenvalue weighted by Gasteiger charge is 2.24. The topological polar surface area (TPSA) is 76.5 Å². The van der Waals surface area contributed by atoms with Gasteiger partial charge < -0.3 is 15.0 Å². The van der Waals surface area contributed by atoms with Gasteiger partial charge in [-0.2, -0.15) is 0 Å². The van der Waals surface area contributed by atoms with Crippen LogP contribution in [0.1, 0.15) is 6.42 Å². The fourth-order valence-corrected chi connectivity index (χ4v) is 3.18. The van der Waals surface area contributed by atoms with Crippen LogP contribution in [0.5, 0.6) is 0 Å². The van der Waals surface area contributed by atoms with Gasteiger partial charge in [-0.3, -0.25) is 9.36 Å². The van der Waals surface area contributed by atoms with E-state index in [0.717, 1.165) is 12.1 Å². The number of carbonyl (C=O) groups excluding carboxylic acids is 1. The zero-order valence-electron chi connectivity index (χ0n) is 15.0. The number of nitrogens with one attached hydrogen (secondary N) is 1. The molecule has 1 aliphatic rings. The van der Waals surface area contributed by atoms with Crippen LogP contribution in [0.15, 0.2) is 59.7 Å². The maximum atomic E-state index is 12.9. The monoisotopic (exact) mass is 364 g/mol. The Kier molecular flexibility index (Phi) is 4.60. The van der Waals surface area contributed by atoms with E-state index in [4.69, 9.17) is 4.74 Å². The number of anilines is 1. The molecule has 0 aliphatic carbocycles. The number of hydrogen-bond acceptors (Lipinski definition) is 4. The van der Waals surface area contributed by atoms with Gasteiger partial charge in [-0.15, -0.1) is 0 Å². The van der Waals surface area contributed by atoms with E-state index in [-0.39, 0.29) is 17.6 Å². The summed E-state index contributed by atoms with van der Waals surface area (Å²) < 4.78 is 6.83. The first-order chi connectivity index (χ1) is 13.1. The van der Waals surface area contributed by atoms with Crippen LogP contribution in [0.3, 0.4) is 0 Å². The predicted octanol–water partition coefficient (Wildman–Crippen LogP) is 2.64. The van der Waals surface area contributed by atoms with Crippen LogP contribution >= 0.6 is 0 Å². The van der Waals surface area contributed by atoms with Crippen molar-refractivity contribution < 1.29 is 9.53 Å². The summed E-state index contributed by atoms with van der Waals surface area (Å²) in [4.78, 5) is 31.4. The van der Waals surface area contributed by atoms with E-state index in [9.17, 15) is 9.59 Å². The highest BCUT2D eigenvalue weighted by molar-refractivity contribution is 5.92. The third-order valence-electron chi connectivity index (χ3n) is 4.82. The van der Waals surface area contributed by atoms with Crippen molar-refractivity contribution in [3.05, 3.63) is 65.2 Å². The van der Waals surface area contributed by atoms with Gasteiger partial charge in [0.1, 0.15) is 6.33 Å². The number of hydrogen-bond donors (Lipinski definition) is 1. The van der Waals surface area contributed by atoms with Crippen LogP contribution in [0.4, 0.5) is 10.5 Å². The second-order valence-corrected chi connectivity index (χ2v) is 6.55. The van der Waals surface area contributed by atoms with Crippen molar-refractivity contribution in [1.82, 2.24) is 14.5 Å². The van der Waals surface area contributed by atoms with Crippen LogP contribution in [-0.4, -0.2) is 46.8 Å². The number of nitrogens with zero attached hydrogens (tertiary/aromatic N) is 3. The highest BCUT2D eigenvalue weighted by Crippen LogP contribution is 2.17. The number of aromatic nitrogens is 2. The summed E-state index contributed by atoms with van der Waals surface area (Å²) in [6, 6.07) is 14.3. The average molecular weight is 364 g/mol. The van der Waals surface area contributed by atoms with Crippen molar-refractivity contribution in [3.8, 4) is 5.69 Å². The molecule has 1 aromatic heterocycles. The summed E-state index contributed by atoms with van der Waals surface area (Å²) in [5.41, 5.74) is 1.71. The van der Waals surface area contributed by atoms with Crippen molar-refractivity contribution in [3.63, 3.8) is 0 Å². The molecule has 0 saturated carbocycles. The van der Waals surface area contributed by atoms with Gasteiger partial charge in [0.15, 0.2) is 0 Å². The maximum absolute atomic E-state index is 12.9. The zero-order chi connectivity index (χ0) is 18.8. The molecule has 0 spiro atoms. The molecule has 1 saturated heterocycles. The first kappa shape index (κ1) is 17.2. The minimum absolute atomic E-state index is 0.0717. The Labute approximate surface area is 156 Å². The third kappa shape index (κ3) is 3.41. The van der Waals surface area contributed by atoms with Crippen molar-refractivity contribution in [2.45, 2.75) is 12.5 Å². The van der Waals surface area contributed by atoms with E-state index in [0.29, 0.717) is 29.8 Å². The van der Waals surface area contributed by atoms with Crippen LogP contribution in [0.25, 0.3) is 16.6 Å². The minimum atomic E-state index is -0.225. The normalized spacial score (nSPS) is 16.4. The van der Waals surface area contributed by atoms with Gasteiger partial charge in [-0.1, -0.05) is 18.2 Å². The quantitative estimate of drug-likeness (QED) is 0.775. The number of amides is 2. The highest BCUT2D eigenvalue weighted by atomic mass is 16.5. The molecular formula is C20H20N4O3. The molecular weight excluding hydrogens is 344 g/mol. The number of carbonyl (C=O) groups is 1. The largest absolute Gasteiger partial charge is 0.379 e. The molecule has 1 aliphatic heterocycles. The molecule has 2 amide bonds. The average Bonchev–Trinajstić information content (AvgIpc) is 3.23. The molecule has 0 radical (unpaired) electrons. The maximum Gasteiger partial charge on any atom is 0.321 e. The summed E-state index contributed by atoms with van der Waals surface area (Å²) in [7, 11) is 1.75. The molecule has 3 aromatic rings. The number of rotatable bonds is 3. The van der Waals surface area contributed by atoms with E-state index >= 15 is 0 Å². The van der Waals surface area contributed by atoms with Gasteiger partial charge in [0.05, 0.1) is 29.2 Å². The van der Waals surface area contributed by atoms with Crippen molar-refractivity contribution >= 4 is 22.6 Å². The van der Waals surface area contributed by atoms with E-state index in [1.807, 2.05) is 30.3 Å². The minimum Gasteiger partial charge on any atom is -0.379 e. The number of urea groups is 1. The van der Waals surface area contributed by atoms with Gasteiger partial charge >= 0.3 is 6.03 Å². The SMILES string of the molecule is CN(C(=O)Nc1ccc2ncn(-c3ccccc3)c(=O)c2c1)C1CCOC1. The van der Waals surface area contributed by atoms with Gasteiger partial charge in [0, 0.05) is 19.3 Å². The molecule has 7 heteroatoms. The molecule has 1 N–H and O–H groups in total. The van der Waals surface area contributed by atoms with Crippen molar-refractivity contribution in [1.29, 1.82) is 0 Å². The van der Waals surface area contributed by atoms with E-state index in [1.165, 1.54) is 10.9 Å². The lowest BCUT2D eigenvalue weighted by atomic mass is 10.2. The number of benzene rings is 2. The lowest BCUT2D eigenvalue weighted by molar-refractivity contribution is 0.164. The fourth-order valence-electron chi connectivity index (χ4n) is 3.18. The molecule has 7 nitrogen and oxygen atoms in total. The summed E-state index contributed by atoms with van der Waals surface area (Å²) in [5, 5.41) is 3.30. The molecule has 1 fully saturated rings. The smallest absolute Gasteiger partial charge is 0.321 e. The van der Waals surface area contributed by atoms with E-state index < -0.39 is 0 Å². The first-order valence-electron chi connectivity index (χ1n) is 8.82. The summed E-state index contributed by atoms with van der Waals surface area (Å²) in [6.07, 6.45) is 2.35. The van der Waals surface area contributed by atoms with E-state index in [1.54, 1.807) is 30.1 Å². The number of ether oxygens (including phenoxy) is 1. The Balaban J connectivity index is 1.64. The third-order valence-corrected chi connectivity index (χ3v) is 4.82. The molecule has 2 aromatic carbocycles. The Bertz CT molecular complexity index is 1030. The van der Waals surface area contributed by atoms with Crippen LogP contribution < -0.4 is 10.9 Å². The second kappa shape index (κ2) is 7.20. The fraction of sp³-hybridized carbons (Fsp3) is 0.250. The Morgan fingerprint density at radius 3 is 2.81 bits per heavy atom. The Hall–Kier alpha value is -3.19.